The molecule has 0 saturated carbocycles. The lowest BCUT2D eigenvalue weighted by atomic mass is 10.2. The zero-order valence-electron chi connectivity index (χ0n) is 17.0. The van der Waals surface area contributed by atoms with Gasteiger partial charge in [-0.15, -0.1) is 0 Å². The van der Waals surface area contributed by atoms with E-state index in [0.29, 0.717) is 26.2 Å². The lowest BCUT2D eigenvalue weighted by Gasteiger charge is -2.36. The quantitative estimate of drug-likeness (QED) is 0.779. The van der Waals surface area contributed by atoms with Gasteiger partial charge in [0.2, 0.25) is 11.8 Å². The Labute approximate surface area is 172 Å². The summed E-state index contributed by atoms with van der Waals surface area (Å²) in [6.07, 6.45) is 0.930. The Kier molecular flexibility index (Phi) is 5.81. The van der Waals surface area contributed by atoms with E-state index in [1.54, 1.807) is 0 Å². The molecule has 29 heavy (non-hydrogen) atoms. The topological polar surface area (TPSA) is 47.1 Å². The van der Waals surface area contributed by atoms with Crippen molar-refractivity contribution in [1.29, 1.82) is 0 Å². The fraction of sp³-hybridized carbons (Fsp3) is 0.391. The number of hydrogen-bond acceptors (Lipinski definition) is 4. The molecule has 2 aromatic carbocycles. The van der Waals surface area contributed by atoms with Crippen molar-refractivity contribution in [2.45, 2.75) is 6.42 Å². The largest absolute Gasteiger partial charge is 0.365 e. The molecule has 1 fully saturated rings. The molecule has 2 aliphatic heterocycles. The third kappa shape index (κ3) is 4.43. The molecule has 1 saturated heterocycles. The molecule has 0 N–H and O–H groups in total. The van der Waals surface area contributed by atoms with Crippen LogP contribution in [-0.2, 0) is 16.0 Å². The molecule has 0 aromatic heterocycles. The van der Waals surface area contributed by atoms with E-state index in [-0.39, 0.29) is 11.8 Å². The summed E-state index contributed by atoms with van der Waals surface area (Å²) >= 11 is 0. The van der Waals surface area contributed by atoms with Crippen LogP contribution in [0.5, 0.6) is 0 Å². The van der Waals surface area contributed by atoms with E-state index in [4.69, 9.17) is 0 Å². The summed E-state index contributed by atoms with van der Waals surface area (Å²) < 4.78 is 0. The van der Waals surface area contributed by atoms with E-state index in [0.717, 1.165) is 37.4 Å². The number of para-hydroxylation sites is 2. The van der Waals surface area contributed by atoms with Gasteiger partial charge in [0.1, 0.15) is 0 Å². The highest BCUT2D eigenvalue weighted by Gasteiger charge is 2.28. The molecule has 6 nitrogen and oxygen atoms in total. The minimum Gasteiger partial charge on any atom is -0.365 e. The molecule has 4 rings (SSSR count). The van der Waals surface area contributed by atoms with Crippen molar-refractivity contribution in [2.24, 2.45) is 0 Å². The van der Waals surface area contributed by atoms with Gasteiger partial charge < -0.3 is 14.7 Å². The maximum absolute atomic E-state index is 12.8. The van der Waals surface area contributed by atoms with Crippen LogP contribution < -0.4 is 9.80 Å². The maximum Gasteiger partial charge on any atom is 0.242 e. The fourth-order valence-corrected chi connectivity index (χ4v) is 4.11. The highest BCUT2D eigenvalue weighted by Crippen LogP contribution is 2.27. The third-order valence-corrected chi connectivity index (χ3v) is 5.84. The molecular weight excluding hydrogens is 364 g/mol. The second-order valence-electron chi connectivity index (χ2n) is 7.77. The van der Waals surface area contributed by atoms with Gasteiger partial charge in [-0.3, -0.25) is 14.5 Å². The van der Waals surface area contributed by atoms with Crippen molar-refractivity contribution < 1.29 is 9.59 Å². The normalized spacial score (nSPS) is 16.6. The maximum atomic E-state index is 12.8. The van der Waals surface area contributed by atoms with Crippen LogP contribution in [0, 0.1) is 0 Å². The lowest BCUT2D eigenvalue weighted by molar-refractivity contribution is -0.131. The Balaban J connectivity index is 1.25. The van der Waals surface area contributed by atoms with Gasteiger partial charge in [0.15, 0.2) is 0 Å². The molecule has 2 aliphatic rings. The summed E-state index contributed by atoms with van der Waals surface area (Å²) in [5.41, 5.74) is 3.34. The number of fused-ring (bicyclic) bond motifs is 1. The average Bonchev–Trinajstić information content (AvgIpc) is 3.19. The molecule has 0 spiro atoms. The number of hydrogen-bond donors (Lipinski definition) is 0. The van der Waals surface area contributed by atoms with Gasteiger partial charge in [0.05, 0.1) is 13.1 Å². The zero-order chi connectivity index (χ0) is 20.2. The second-order valence-corrected chi connectivity index (χ2v) is 7.77. The van der Waals surface area contributed by atoms with Gasteiger partial charge in [-0.1, -0.05) is 36.4 Å². The van der Waals surface area contributed by atoms with Crippen LogP contribution in [0.3, 0.4) is 0 Å². The fourth-order valence-electron chi connectivity index (χ4n) is 4.11. The Morgan fingerprint density at radius 3 is 2.31 bits per heavy atom. The van der Waals surface area contributed by atoms with Crippen molar-refractivity contribution in [3.8, 4) is 0 Å². The van der Waals surface area contributed by atoms with Gasteiger partial charge in [0, 0.05) is 51.1 Å². The highest BCUT2D eigenvalue weighted by molar-refractivity contribution is 5.96. The van der Waals surface area contributed by atoms with Gasteiger partial charge in [-0.05, 0) is 30.2 Å². The summed E-state index contributed by atoms with van der Waals surface area (Å²) in [7, 11) is 1.94. The van der Waals surface area contributed by atoms with E-state index in [9.17, 15) is 9.59 Å². The van der Waals surface area contributed by atoms with E-state index in [2.05, 4.69) is 11.0 Å². The molecule has 0 radical (unpaired) electrons. The minimum absolute atomic E-state index is 0.135. The molecule has 0 aliphatic carbocycles. The molecule has 0 bridgehead atoms. The molecule has 0 atom stereocenters. The Morgan fingerprint density at radius 1 is 0.862 bits per heavy atom. The number of nitrogens with zero attached hydrogens (tertiary/aromatic N) is 4. The lowest BCUT2D eigenvalue weighted by Crippen LogP contribution is -2.53. The molecule has 152 valence electrons. The molecule has 2 aromatic rings. The smallest absolute Gasteiger partial charge is 0.242 e. The molecular formula is C23H28N4O2. The molecule has 2 amide bonds. The Hall–Kier alpha value is -2.86. The number of benzene rings is 2. The van der Waals surface area contributed by atoms with Crippen molar-refractivity contribution >= 4 is 23.2 Å². The standard InChI is InChI=1S/C23H28N4O2/c1-24(20-8-3-2-4-9-20)17-22(28)26-15-13-25(14-16-26)18-23(29)27-12-11-19-7-5-6-10-21(19)27/h2-10H,11-18H2,1H3. The number of rotatable bonds is 5. The molecule has 2 heterocycles. The van der Waals surface area contributed by atoms with E-state index >= 15 is 0 Å². The third-order valence-electron chi connectivity index (χ3n) is 5.84. The minimum atomic E-state index is 0.135. The second kappa shape index (κ2) is 8.66. The summed E-state index contributed by atoms with van der Waals surface area (Å²) in [5, 5.41) is 0. The van der Waals surface area contributed by atoms with Gasteiger partial charge in [0.25, 0.3) is 0 Å². The number of carbonyl (C=O) groups is 2. The average molecular weight is 393 g/mol. The zero-order valence-corrected chi connectivity index (χ0v) is 17.0. The van der Waals surface area contributed by atoms with Crippen LogP contribution in [0.25, 0.3) is 0 Å². The first-order valence-corrected chi connectivity index (χ1v) is 10.3. The van der Waals surface area contributed by atoms with Crippen LogP contribution in [-0.4, -0.2) is 74.5 Å². The van der Waals surface area contributed by atoms with Gasteiger partial charge >= 0.3 is 0 Å². The Morgan fingerprint density at radius 2 is 1.55 bits per heavy atom. The first-order valence-electron chi connectivity index (χ1n) is 10.3. The van der Waals surface area contributed by atoms with Crippen LogP contribution in [0.4, 0.5) is 11.4 Å². The summed E-state index contributed by atoms with van der Waals surface area (Å²) in [6, 6.07) is 18.1. The summed E-state index contributed by atoms with van der Waals surface area (Å²) in [6.45, 7) is 4.37. The molecule has 0 unspecified atom stereocenters. The van der Waals surface area contributed by atoms with Crippen LogP contribution in [0.2, 0.25) is 0 Å². The number of likely N-dealkylation sites (N-methyl/N-ethyl adjacent to an activating group) is 1. The van der Waals surface area contributed by atoms with Crippen LogP contribution in [0.15, 0.2) is 54.6 Å². The summed E-state index contributed by atoms with van der Waals surface area (Å²) in [4.78, 5) is 33.4. The number of carbonyl (C=O) groups excluding carboxylic acids is 2. The van der Waals surface area contributed by atoms with Gasteiger partial charge in [-0.25, -0.2) is 0 Å². The summed E-state index contributed by atoms with van der Waals surface area (Å²) in [5.74, 6) is 0.286. The predicted molar refractivity (Wildman–Crippen MR) is 115 cm³/mol. The first kappa shape index (κ1) is 19.5. The SMILES string of the molecule is CN(CC(=O)N1CCN(CC(=O)N2CCc3ccccc32)CC1)c1ccccc1. The van der Waals surface area contributed by atoms with Crippen LogP contribution >= 0.6 is 0 Å². The molecule has 6 heteroatoms. The van der Waals surface area contributed by atoms with Gasteiger partial charge in [-0.2, -0.15) is 0 Å². The van der Waals surface area contributed by atoms with E-state index in [1.807, 2.05) is 70.3 Å². The van der Waals surface area contributed by atoms with Crippen molar-refractivity contribution in [1.82, 2.24) is 9.80 Å². The predicted octanol–water partition coefficient (Wildman–Crippen LogP) is 1.86. The number of amides is 2. The number of piperazine rings is 1. The van der Waals surface area contributed by atoms with Crippen molar-refractivity contribution in [3.63, 3.8) is 0 Å². The first-order chi connectivity index (χ1) is 14.1. The van der Waals surface area contributed by atoms with E-state index < -0.39 is 0 Å². The van der Waals surface area contributed by atoms with Crippen LogP contribution in [0.1, 0.15) is 5.56 Å². The monoisotopic (exact) mass is 392 g/mol. The van der Waals surface area contributed by atoms with Crippen molar-refractivity contribution in [3.05, 3.63) is 60.2 Å². The Bertz CT molecular complexity index is 862. The number of anilines is 2. The van der Waals surface area contributed by atoms with E-state index in [1.165, 1.54) is 5.56 Å². The highest BCUT2D eigenvalue weighted by atomic mass is 16.2. The van der Waals surface area contributed by atoms with Crippen molar-refractivity contribution in [2.75, 3.05) is 62.7 Å².